The van der Waals surface area contributed by atoms with Crippen LogP contribution in [0.25, 0.3) is 0 Å². The molecule has 0 aliphatic rings. The summed E-state index contributed by atoms with van der Waals surface area (Å²) < 4.78 is 0.683. The standard InChI is InChI=1S/C15H11BrN2O2/c1-18(12-4-2-3-10(7-12)9-17)14-6-5-11(15(19)20)8-13(14)16/h2-8H,1H3,(H,19,20). The predicted molar refractivity (Wildman–Crippen MR) is 80.3 cm³/mol. The van der Waals surface area contributed by atoms with Crippen molar-refractivity contribution in [3.05, 3.63) is 58.1 Å². The van der Waals surface area contributed by atoms with E-state index >= 15 is 0 Å². The van der Waals surface area contributed by atoms with Crippen molar-refractivity contribution < 1.29 is 9.90 Å². The fourth-order valence-electron chi connectivity index (χ4n) is 1.84. The highest BCUT2D eigenvalue weighted by atomic mass is 79.9. The quantitative estimate of drug-likeness (QED) is 0.929. The van der Waals surface area contributed by atoms with Gasteiger partial charge in [0.15, 0.2) is 0 Å². The van der Waals surface area contributed by atoms with E-state index in [1.165, 1.54) is 0 Å². The first kappa shape index (κ1) is 14.1. The Labute approximate surface area is 125 Å². The molecule has 0 saturated heterocycles. The van der Waals surface area contributed by atoms with Crippen LogP contribution in [0.15, 0.2) is 46.9 Å². The Morgan fingerprint density at radius 3 is 2.65 bits per heavy atom. The summed E-state index contributed by atoms with van der Waals surface area (Å²) in [6.07, 6.45) is 0. The third-order valence-corrected chi connectivity index (χ3v) is 3.55. The number of nitrogens with zero attached hydrogens (tertiary/aromatic N) is 2. The van der Waals surface area contributed by atoms with E-state index in [1.54, 1.807) is 30.3 Å². The SMILES string of the molecule is CN(c1cccc(C#N)c1)c1ccc(C(=O)O)cc1Br. The van der Waals surface area contributed by atoms with Crippen LogP contribution >= 0.6 is 15.9 Å². The first-order chi connectivity index (χ1) is 9.52. The van der Waals surface area contributed by atoms with Crippen LogP contribution in [0.1, 0.15) is 15.9 Å². The highest BCUT2D eigenvalue weighted by molar-refractivity contribution is 9.10. The van der Waals surface area contributed by atoms with Gasteiger partial charge in [-0.3, -0.25) is 0 Å². The minimum absolute atomic E-state index is 0.222. The summed E-state index contributed by atoms with van der Waals surface area (Å²) in [4.78, 5) is 12.8. The third kappa shape index (κ3) is 2.81. The Morgan fingerprint density at radius 2 is 2.05 bits per heavy atom. The molecule has 20 heavy (non-hydrogen) atoms. The van der Waals surface area contributed by atoms with Gasteiger partial charge in [0, 0.05) is 17.2 Å². The van der Waals surface area contributed by atoms with Crippen molar-refractivity contribution in [1.82, 2.24) is 0 Å². The second-order valence-electron chi connectivity index (χ2n) is 4.19. The van der Waals surface area contributed by atoms with E-state index in [4.69, 9.17) is 10.4 Å². The van der Waals surface area contributed by atoms with Crippen molar-refractivity contribution >= 4 is 33.3 Å². The molecule has 2 rings (SSSR count). The molecule has 0 unspecified atom stereocenters. The van der Waals surface area contributed by atoms with Crippen molar-refractivity contribution in [3.8, 4) is 6.07 Å². The molecule has 2 aromatic carbocycles. The van der Waals surface area contributed by atoms with Crippen molar-refractivity contribution in [2.45, 2.75) is 0 Å². The van der Waals surface area contributed by atoms with Crippen LogP contribution in [0.5, 0.6) is 0 Å². The normalized spacial score (nSPS) is 9.85. The summed E-state index contributed by atoms with van der Waals surface area (Å²) in [5.74, 6) is -0.966. The Morgan fingerprint density at radius 1 is 1.30 bits per heavy atom. The minimum Gasteiger partial charge on any atom is -0.478 e. The maximum atomic E-state index is 10.9. The van der Waals surface area contributed by atoms with Crippen molar-refractivity contribution in [3.63, 3.8) is 0 Å². The average molecular weight is 331 g/mol. The Balaban J connectivity index is 2.40. The molecule has 2 aromatic rings. The lowest BCUT2D eigenvalue weighted by atomic mass is 10.1. The monoisotopic (exact) mass is 330 g/mol. The molecular formula is C15H11BrN2O2. The van der Waals surface area contributed by atoms with Crippen LogP contribution < -0.4 is 4.90 Å². The fraction of sp³-hybridized carbons (Fsp3) is 0.0667. The van der Waals surface area contributed by atoms with Crippen LogP contribution in [-0.4, -0.2) is 18.1 Å². The highest BCUT2D eigenvalue weighted by Crippen LogP contribution is 2.31. The zero-order valence-corrected chi connectivity index (χ0v) is 12.3. The number of carboxylic acid groups (broad SMARTS) is 1. The predicted octanol–water partition coefficient (Wildman–Crippen LogP) is 3.79. The number of halogens is 1. The molecule has 0 aromatic heterocycles. The molecule has 0 bridgehead atoms. The zero-order valence-electron chi connectivity index (χ0n) is 10.7. The Bertz CT molecular complexity index is 707. The van der Waals surface area contributed by atoms with E-state index in [-0.39, 0.29) is 5.56 Å². The van der Waals surface area contributed by atoms with E-state index < -0.39 is 5.97 Å². The summed E-state index contributed by atoms with van der Waals surface area (Å²) in [5.41, 5.74) is 2.48. The largest absolute Gasteiger partial charge is 0.478 e. The van der Waals surface area contributed by atoms with Crippen LogP contribution in [0, 0.1) is 11.3 Å². The lowest BCUT2D eigenvalue weighted by Gasteiger charge is -2.21. The first-order valence-electron chi connectivity index (χ1n) is 5.79. The lowest BCUT2D eigenvalue weighted by Crippen LogP contribution is -2.10. The van der Waals surface area contributed by atoms with E-state index in [9.17, 15) is 4.79 Å². The molecule has 0 spiro atoms. The molecule has 5 heteroatoms. The number of hydrogen-bond donors (Lipinski definition) is 1. The van der Waals surface area contributed by atoms with Crippen LogP contribution in [-0.2, 0) is 0 Å². The molecule has 0 aliphatic carbocycles. The van der Waals surface area contributed by atoms with Gasteiger partial charge in [-0.05, 0) is 52.3 Å². The number of aromatic carboxylic acids is 1. The number of carbonyl (C=O) groups is 1. The van der Waals surface area contributed by atoms with Gasteiger partial charge in [-0.2, -0.15) is 5.26 Å². The summed E-state index contributed by atoms with van der Waals surface area (Å²) in [6, 6.07) is 14.1. The molecular weight excluding hydrogens is 320 g/mol. The maximum Gasteiger partial charge on any atom is 0.335 e. The van der Waals surface area contributed by atoms with E-state index in [0.717, 1.165) is 11.4 Å². The fourth-order valence-corrected chi connectivity index (χ4v) is 2.48. The average Bonchev–Trinajstić information content (AvgIpc) is 2.46. The Kier molecular flexibility index (Phi) is 4.06. The molecule has 4 nitrogen and oxygen atoms in total. The van der Waals surface area contributed by atoms with Crippen LogP contribution in [0.2, 0.25) is 0 Å². The van der Waals surface area contributed by atoms with E-state index in [0.29, 0.717) is 10.0 Å². The summed E-state index contributed by atoms with van der Waals surface area (Å²) >= 11 is 3.38. The van der Waals surface area contributed by atoms with Crippen molar-refractivity contribution in [1.29, 1.82) is 5.26 Å². The zero-order chi connectivity index (χ0) is 14.7. The topological polar surface area (TPSA) is 64.3 Å². The number of anilines is 2. The molecule has 0 heterocycles. The van der Waals surface area contributed by atoms with Crippen molar-refractivity contribution in [2.24, 2.45) is 0 Å². The van der Waals surface area contributed by atoms with E-state index in [2.05, 4.69) is 22.0 Å². The number of rotatable bonds is 3. The molecule has 0 fully saturated rings. The first-order valence-corrected chi connectivity index (χ1v) is 6.59. The van der Waals surface area contributed by atoms with Crippen LogP contribution in [0.4, 0.5) is 11.4 Å². The summed E-state index contributed by atoms with van der Waals surface area (Å²) in [7, 11) is 1.86. The van der Waals surface area contributed by atoms with Gasteiger partial charge in [0.2, 0.25) is 0 Å². The Hall–Kier alpha value is -2.32. The van der Waals surface area contributed by atoms with Gasteiger partial charge in [-0.1, -0.05) is 6.07 Å². The number of benzene rings is 2. The lowest BCUT2D eigenvalue weighted by molar-refractivity contribution is 0.0697. The summed E-state index contributed by atoms with van der Waals surface area (Å²) in [6.45, 7) is 0. The smallest absolute Gasteiger partial charge is 0.335 e. The van der Waals surface area contributed by atoms with Crippen LogP contribution in [0.3, 0.4) is 0 Å². The van der Waals surface area contributed by atoms with Gasteiger partial charge >= 0.3 is 5.97 Å². The molecule has 0 aliphatic heterocycles. The second-order valence-corrected chi connectivity index (χ2v) is 5.05. The van der Waals surface area contributed by atoms with Gasteiger partial charge in [-0.25, -0.2) is 4.79 Å². The van der Waals surface area contributed by atoms with Gasteiger partial charge < -0.3 is 10.0 Å². The van der Waals surface area contributed by atoms with E-state index in [1.807, 2.05) is 24.1 Å². The highest BCUT2D eigenvalue weighted by Gasteiger charge is 2.11. The van der Waals surface area contributed by atoms with Crippen molar-refractivity contribution in [2.75, 3.05) is 11.9 Å². The number of hydrogen-bond acceptors (Lipinski definition) is 3. The second kappa shape index (κ2) is 5.76. The molecule has 0 amide bonds. The third-order valence-electron chi connectivity index (χ3n) is 2.92. The summed E-state index contributed by atoms with van der Waals surface area (Å²) in [5, 5.41) is 17.9. The number of carboxylic acids is 1. The molecule has 100 valence electrons. The molecule has 0 atom stereocenters. The number of nitriles is 1. The molecule has 1 N–H and O–H groups in total. The van der Waals surface area contributed by atoms with Gasteiger partial charge in [-0.15, -0.1) is 0 Å². The van der Waals surface area contributed by atoms with Gasteiger partial charge in [0.05, 0.1) is 22.9 Å². The molecule has 0 saturated carbocycles. The maximum absolute atomic E-state index is 10.9. The minimum atomic E-state index is -0.966. The van der Waals surface area contributed by atoms with Gasteiger partial charge in [0.1, 0.15) is 0 Å². The molecule has 0 radical (unpaired) electrons. The van der Waals surface area contributed by atoms with Gasteiger partial charge in [0.25, 0.3) is 0 Å².